The lowest BCUT2D eigenvalue weighted by Gasteiger charge is -2.14. The van der Waals surface area contributed by atoms with Crippen LogP contribution in [-0.2, 0) is 12.8 Å². The smallest absolute Gasteiger partial charge is 0.125 e. The second-order valence-corrected chi connectivity index (χ2v) is 3.74. The molecule has 0 N–H and O–H groups in total. The molecule has 0 aromatic heterocycles. The van der Waals surface area contributed by atoms with E-state index in [1.165, 1.54) is 23.1 Å². The zero-order valence-corrected chi connectivity index (χ0v) is 9.02. The van der Waals surface area contributed by atoms with Crippen molar-refractivity contribution in [2.75, 3.05) is 14.2 Å². The van der Waals surface area contributed by atoms with Crippen LogP contribution in [-0.4, -0.2) is 14.2 Å². The molecule has 0 saturated heterocycles. The number of aryl methyl sites for hydroxylation is 1. The van der Waals surface area contributed by atoms with Gasteiger partial charge in [-0.15, -0.1) is 0 Å². The first-order valence-corrected chi connectivity index (χ1v) is 5.01. The van der Waals surface area contributed by atoms with Gasteiger partial charge in [-0.1, -0.05) is 0 Å². The van der Waals surface area contributed by atoms with Gasteiger partial charge < -0.3 is 9.47 Å². The van der Waals surface area contributed by atoms with E-state index >= 15 is 0 Å². The third kappa shape index (κ3) is 1.26. The van der Waals surface area contributed by atoms with Crippen LogP contribution in [0.5, 0.6) is 11.5 Å². The van der Waals surface area contributed by atoms with E-state index in [0.717, 1.165) is 24.3 Å². The van der Waals surface area contributed by atoms with Crippen LogP contribution in [0.3, 0.4) is 0 Å². The van der Waals surface area contributed by atoms with Gasteiger partial charge in [0.25, 0.3) is 0 Å². The Bertz CT molecular complexity index is 356. The number of hydrogen-bond acceptors (Lipinski definition) is 2. The van der Waals surface area contributed by atoms with Crippen molar-refractivity contribution in [3.63, 3.8) is 0 Å². The average Bonchev–Trinajstić information content (AvgIpc) is 2.65. The maximum absolute atomic E-state index is 5.43. The highest BCUT2D eigenvalue weighted by Gasteiger charge is 2.21. The van der Waals surface area contributed by atoms with Gasteiger partial charge in [0.15, 0.2) is 0 Å². The lowest BCUT2D eigenvalue weighted by molar-refractivity contribution is 0.395. The number of hydrogen-bond donors (Lipinski definition) is 0. The Labute approximate surface area is 84.8 Å². The highest BCUT2D eigenvalue weighted by Crippen LogP contribution is 2.39. The summed E-state index contributed by atoms with van der Waals surface area (Å²) in [6.45, 7) is 2.07. The fourth-order valence-electron chi connectivity index (χ4n) is 2.32. The summed E-state index contributed by atoms with van der Waals surface area (Å²) >= 11 is 0. The van der Waals surface area contributed by atoms with Crippen molar-refractivity contribution in [1.29, 1.82) is 0 Å². The maximum atomic E-state index is 5.43. The summed E-state index contributed by atoms with van der Waals surface area (Å²) in [4.78, 5) is 0. The molecule has 1 aliphatic rings. The minimum atomic E-state index is 1.02. The zero-order chi connectivity index (χ0) is 10.1. The molecular formula is C12H16O2. The third-order valence-electron chi connectivity index (χ3n) is 2.92. The number of ether oxygens (including phenoxy) is 2. The molecule has 1 aromatic rings. The second-order valence-electron chi connectivity index (χ2n) is 3.74. The second kappa shape index (κ2) is 3.52. The standard InChI is InChI=1S/C12H16O2/c1-8-7-11(13-2)9-5-4-6-10(9)12(8)14-3/h7H,4-6H2,1-3H3. The first-order valence-electron chi connectivity index (χ1n) is 5.01. The summed E-state index contributed by atoms with van der Waals surface area (Å²) in [5.41, 5.74) is 3.87. The van der Waals surface area contributed by atoms with Crippen molar-refractivity contribution in [3.8, 4) is 11.5 Å². The van der Waals surface area contributed by atoms with Gasteiger partial charge in [0.2, 0.25) is 0 Å². The molecule has 1 aromatic carbocycles. The van der Waals surface area contributed by atoms with Gasteiger partial charge in [-0.2, -0.15) is 0 Å². The Hall–Kier alpha value is -1.18. The van der Waals surface area contributed by atoms with E-state index in [0.29, 0.717) is 0 Å². The van der Waals surface area contributed by atoms with Gasteiger partial charge in [0, 0.05) is 11.1 Å². The van der Waals surface area contributed by atoms with Crippen molar-refractivity contribution in [1.82, 2.24) is 0 Å². The predicted molar refractivity (Wildman–Crippen MR) is 56.3 cm³/mol. The molecule has 0 radical (unpaired) electrons. The number of benzene rings is 1. The van der Waals surface area contributed by atoms with Gasteiger partial charge in [-0.25, -0.2) is 0 Å². The number of methoxy groups -OCH3 is 2. The molecule has 2 heteroatoms. The molecule has 0 bridgehead atoms. The average molecular weight is 192 g/mol. The number of fused-ring (bicyclic) bond motifs is 1. The van der Waals surface area contributed by atoms with Crippen LogP contribution in [0.25, 0.3) is 0 Å². The van der Waals surface area contributed by atoms with Crippen LogP contribution in [0.1, 0.15) is 23.1 Å². The summed E-state index contributed by atoms with van der Waals surface area (Å²) in [5.74, 6) is 2.08. The van der Waals surface area contributed by atoms with E-state index in [9.17, 15) is 0 Å². The van der Waals surface area contributed by atoms with Gasteiger partial charge in [0.05, 0.1) is 14.2 Å². The molecule has 2 nitrogen and oxygen atoms in total. The molecule has 14 heavy (non-hydrogen) atoms. The Kier molecular flexibility index (Phi) is 2.36. The molecule has 0 unspecified atom stereocenters. The summed E-state index contributed by atoms with van der Waals surface area (Å²) < 4.78 is 10.8. The lowest BCUT2D eigenvalue weighted by atomic mass is 10.0. The monoisotopic (exact) mass is 192 g/mol. The molecule has 76 valence electrons. The third-order valence-corrected chi connectivity index (χ3v) is 2.92. The van der Waals surface area contributed by atoms with E-state index in [2.05, 4.69) is 13.0 Å². The van der Waals surface area contributed by atoms with Crippen LogP contribution in [0.15, 0.2) is 6.07 Å². The van der Waals surface area contributed by atoms with Crippen molar-refractivity contribution in [2.24, 2.45) is 0 Å². The first kappa shape index (κ1) is 9.38. The quantitative estimate of drug-likeness (QED) is 0.716. The number of rotatable bonds is 2. The fourth-order valence-corrected chi connectivity index (χ4v) is 2.32. The van der Waals surface area contributed by atoms with Crippen LogP contribution in [0.2, 0.25) is 0 Å². The van der Waals surface area contributed by atoms with Crippen LogP contribution >= 0.6 is 0 Å². The Morgan fingerprint density at radius 2 is 1.79 bits per heavy atom. The fraction of sp³-hybridized carbons (Fsp3) is 0.500. The van der Waals surface area contributed by atoms with E-state index in [4.69, 9.17) is 9.47 Å². The van der Waals surface area contributed by atoms with E-state index in [1.54, 1.807) is 14.2 Å². The summed E-state index contributed by atoms with van der Waals surface area (Å²) in [6, 6.07) is 2.07. The first-order chi connectivity index (χ1) is 6.77. The molecule has 0 aliphatic heterocycles. The van der Waals surface area contributed by atoms with Crippen molar-refractivity contribution in [3.05, 3.63) is 22.8 Å². The zero-order valence-electron chi connectivity index (χ0n) is 9.02. The van der Waals surface area contributed by atoms with Gasteiger partial charge >= 0.3 is 0 Å². The van der Waals surface area contributed by atoms with E-state index < -0.39 is 0 Å². The van der Waals surface area contributed by atoms with Gasteiger partial charge in [-0.3, -0.25) is 0 Å². The molecule has 0 fully saturated rings. The normalized spacial score (nSPS) is 13.9. The van der Waals surface area contributed by atoms with Gasteiger partial charge in [-0.05, 0) is 37.8 Å². The minimum absolute atomic E-state index is 1.02. The summed E-state index contributed by atoms with van der Waals surface area (Å²) in [6.07, 6.45) is 3.46. The highest BCUT2D eigenvalue weighted by atomic mass is 16.5. The highest BCUT2D eigenvalue weighted by molar-refractivity contribution is 5.55. The summed E-state index contributed by atoms with van der Waals surface area (Å²) in [7, 11) is 3.48. The maximum Gasteiger partial charge on any atom is 0.125 e. The van der Waals surface area contributed by atoms with Gasteiger partial charge in [0.1, 0.15) is 11.5 Å². The Morgan fingerprint density at radius 3 is 2.43 bits per heavy atom. The lowest BCUT2D eigenvalue weighted by Crippen LogP contribution is -1.97. The van der Waals surface area contributed by atoms with Crippen LogP contribution in [0, 0.1) is 6.92 Å². The molecule has 0 heterocycles. The molecule has 1 aliphatic carbocycles. The molecule has 0 amide bonds. The molecule has 0 spiro atoms. The Morgan fingerprint density at radius 1 is 1.07 bits per heavy atom. The van der Waals surface area contributed by atoms with Crippen molar-refractivity contribution >= 4 is 0 Å². The van der Waals surface area contributed by atoms with Crippen molar-refractivity contribution in [2.45, 2.75) is 26.2 Å². The molecule has 0 atom stereocenters. The molecule has 2 rings (SSSR count). The topological polar surface area (TPSA) is 18.5 Å². The largest absolute Gasteiger partial charge is 0.496 e. The molecular weight excluding hydrogens is 176 g/mol. The van der Waals surface area contributed by atoms with Crippen molar-refractivity contribution < 1.29 is 9.47 Å². The summed E-state index contributed by atoms with van der Waals surface area (Å²) in [5, 5.41) is 0. The SMILES string of the molecule is COc1cc(C)c(OC)c2c1CCC2. The van der Waals surface area contributed by atoms with E-state index in [1.807, 2.05) is 0 Å². The van der Waals surface area contributed by atoms with Crippen LogP contribution in [0.4, 0.5) is 0 Å². The van der Waals surface area contributed by atoms with Crippen LogP contribution < -0.4 is 9.47 Å². The Balaban J connectivity index is 2.61. The minimum Gasteiger partial charge on any atom is -0.496 e. The molecule has 0 saturated carbocycles. The van der Waals surface area contributed by atoms with E-state index in [-0.39, 0.29) is 0 Å². The predicted octanol–water partition coefficient (Wildman–Crippen LogP) is 2.50.